The Morgan fingerprint density at radius 1 is 1.13 bits per heavy atom. The van der Waals surface area contributed by atoms with Crippen molar-refractivity contribution < 1.29 is 23.1 Å². The minimum atomic E-state index is -4.44. The molecule has 1 N–H and O–H groups in total. The van der Waals surface area contributed by atoms with Crippen molar-refractivity contribution in [2.75, 3.05) is 24.5 Å². The molecule has 3 rings (SSSR count). The molecule has 168 valence electrons. The first-order valence-electron chi connectivity index (χ1n) is 10.6. The SMILES string of the molecule is CCC(=O)N(c1ccccc1)[C@H](C)CN1CCC(O)(c2cccc(C(F)(F)F)c2)CC1. The van der Waals surface area contributed by atoms with Crippen molar-refractivity contribution in [3.8, 4) is 0 Å². The van der Waals surface area contributed by atoms with Crippen molar-refractivity contribution in [1.29, 1.82) is 0 Å². The summed E-state index contributed by atoms with van der Waals surface area (Å²) in [6.07, 6.45) is -3.36. The van der Waals surface area contributed by atoms with Gasteiger partial charge in [-0.25, -0.2) is 0 Å². The Morgan fingerprint density at radius 3 is 2.35 bits per heavy atom. The Morgan fingerprint density at radius 2 is 1.77 bits per heavy atom. The molecule has 31 heavy (non-hydrogen) atoms. The van der Waals surface area contributed by atoms with Crippen molar-refractivity contribution in [2.24, 2.45) is 0 Å². The molecule has 1 fully saturated rings. The van der Waals surface area contributed by atoms with Crippen LogP contribution in [0.15, 0.2) is 54.6 Å². The highest BCUT2D eigenvalue weighted by Crippen LogP contribution is 2.37. The van der Waals surface area contributed by atoms with Crippen molar-refractivity contribution in [1.82, 2.24) is 4.90 Å². The Bertz CT molecular complexity index is 878. The number of aliphatic hydroxyl groups is 1. The van der Waals surface area contributed by atoms with Crippen LogP contribution < -0.4 is 4.90 Å². The van der Waals surface area contributed by atoms with E-state index in [1.807, 2.05) is 44.2 Å². The van der Waals surface area contributed by atoms with Crippen LogP contribution in [-0.4, -0.2) is 41.6 Å². The number of benzene rings is 2. The average Bonchev–Trinajstić information content (AvgIpc) is 2.76. The number of nitrogens with zero attached hydrogens (tertiary/aromatic N) is 2. The van der Waals surface area contributed by atoms with Crippen LogP contribution >= 0.6 is 0 Å². The standard InChI is InChI=1S/C24H29F3N2O2/c1-3-22(30)29(21-10-5-4-6-11-21)18(2)17-28-14-12-23(31,13-15-28)19-8-7-9-20(16-19)24(25,26)27/h4-11,16,18,31H,3,12-15,17H2,1-2H3/t18-/m1/s1. The van der Waals surface area contributed by atoms with Gasteiger partial charge in [0.1, 0.15) is 0 Å². The molecule has 1 saturated heterocycles. The van der Waals surface area contributed by atoms with E-state index in [1.54, 1.807) is 11.0 Å². The molecule has 7 heteroatoms. The van der Waals surface area contributed by atoms with Gasteiger partial charge in [0.05, 0.1) is 11.2 Å². The van der Waals surface area contributed by atoms with E-state index < -0.39 is 17.3 Å². The number of halogens is 3. The average molecular weight is 435 g/mol. The number of hydrogen-bond donors (Lipinski definition) is 1. The van der Waals surface area contributed by atoms with Crippen molar-refractivity contribution in [2.45, 2.75) is 50.9 Å². The number of amides is 1. The zero-order chi connectivity index (χ0) is 22.6. The number of anilines is 1. The van der Waals surface area contributed by atoms with Gasteiger partial charge in [0.25, 0.3) is 0 Å². The number of para-hydroxylation sites is 1. The summed E-state index contributed by atoms with van der Waals surface area (Å²) >= 11 is 0. The van der Waals surface area contributed by atoms with Gasteiger partial charge in [-0.2, -0.15) is 13.2 Å². The zero-order valence-corrected chi connectivity index (χ0v) is 17.9. The third-order valence-electron chi connectivity index (χ3n) is 5.98. The first kappa shape index (κ1) is 23.3. The molecule has 4 nitrogen and oxygen atoms in total. The normalized spacial score (nSPS) is 17.9. The van der Waals surface area contributed by atoms with Gasteiger partial charge in [0.15, 0.2) is 0 Å². The lowest BCUT2D eigenvalue weighted by molar-refractivity contribution is -0.137. The molecule has 2 aromatic carbocycles. The first-order valence-corrected chi connectivity index (χ1v) is 10.6. The third-order valence-corrected chi connectivity index (χ3v) is 5.98. The Labute approximate surface area is 181 Å². The van der Waals surface area contributed by atoms with Gasteiger partial charge in [-0.05, 0) is 49.6 Å². The summed E-state index contributed by atoms with van der Waals surface area (Å²) in [5.74, 6) is 0.0381. The number of alkyl halides is 3. The highest BCUT2D eigenvalue weighted by atomic mass is 19.4. The lowest BCUT2D eigenvalue weighted by atomic mass is 9.83. The quantitative estimate of drug-likeness (QED) is 0.709. The van der Waals surface area contributed by atoms with Gasteiger partial charge in [0, 0.05) is 37.8 Å². The maximum Gasteiger partial charge on any atom is 0.416 e. The lowest BCUT2D eigenvalue weighted by Gasteiger charge is -2.41. The molecule has 0 aliphatic carbocycles. The molecule has 0 spiro atoms. The number of piperidine rings is 1. The molecule has 0 radical (unpaired) electrons. The molecular formula is C24H29F3N2O2. The molecule has 0 saturated carbocycles. The minimum Gasteiger partial charge on any atom is -0.385 e. The lowest BCUT2D eigenvalue weighted by Crippen LogP contribution is -2.49. The van der Waals surface area contributed by atoms with E-state index in [0.717, 1.165) is 17.8 Å². The summed E-state index contributed by atoms with van der Waals surface area (Å²) in [5.41, 5.74) is -0.869. The summed E-state index contributed by atoms with van der Waals surface area (Å²) in [6.45, 7) is 5.54. The van der Waals surface area contributed by atoms with Crippen LogP contribution in [0.5, 0.6) is 0 Å². The molecule has 2 aromatic rings. The number of carbonyl (C=O) groups is 1. The second kappa shape index (κ2) is 9.40. The first-order chi connectivity index (χ1) is 14.6. The molecule has 0 bridgehead atoms. The minimum absolute atomic E-state index is 0.0381. The summed E-state index contributed by atoms with van der Waals surface area (Å²) in [6, 6.07) is 14.4. The fourth-order valence-electron chi connectivity index (χ4n) is 4.24. The molecule has 1 atom stereocenters. The van der Waals surface area contributed by atoms with Crippen molar-refractivity contribution >= 4 is 11.6 Å². The Kier molecular flexibility index (Phi) is 7.06. The van der Waals surface area contributed by atoms with Crippen molar-refractivity contribution in [3.63, 3.8) is 0 Å². The third kappa shape index (κ3) is 5.46. The smallest absolute Gasteiger partial charge is 0.385 e. The summed E-state index contributed by atoms with van der Waals surface area (Å²) in [7, 11) is 0. The van der Waals surface area contributed by atoms with Crippen LogP contribution in [0, 0.1) is 0 Å². The molecule has 1 aliphatic rings. The van der Waals surface area contributed by atoms with Gasteiger partial charge >= 0.3 is 6.18 Å². The second-order valence-electron chi connectivity index (χ2n) is 8.21. The van der Waals surface area contributed by atoms with Crippen molar-refractivity contribution in [3.05, 3.63) is 65.7 Å². The number of likely N-dealkylation sites (tertiary alicyclic amines) is 1. The van der Waals surface area contributed by atoms with Crippen LogP contribution in [0.25, 0.3) is 0 Å². The number of hydrogen-bond acceptors (Lipinski definition) is 3. The molecule has 0 aromatic heterocycles. The van der Waals surface area contributed by atoms with E-state index >= 15 is 0 Å². The molecule has 0 unspecified atom stereocenters. The van der Waals surface area contributed by atoms with Crippen LogP contribution in [0.2, 0.25) is 0 Å². The maximum absolute atomic E-state index is 13.1. The Hall–Kier alpha value is -2.38. The van der Waals surface area contributed by atoms with Gasteiger partial charge in [-0.3, -0.25) is 4.79 Å². The predicted octanol–water partition coefficient (Wildman–Crippen LogP) is 4.82. The van der Waals surface area contributed by atoms with E-state index in [0.29, 0.717) is 44.5 Å². The van der Waals surface area contributed by atoms with Crippen LogP contribution in [0.3, 0.4) is 0 Å². The fourth-order valence-corrected chi connectivity index (χ4v) is 4.24. The van der Waals surface area contributed by atoms with Gasteiger partial charge in [0.2, 0.25) is 5.91 Å². The van der Waals surface area contributed by atoms with Gasteiger partial charge < -0.3 is 14.9 Å². The summed E-state index contributed by atoms with van der Waals surface area (Å²) in [5, 5.41) is 11.0. The molecule has 1 aliphatic heterocycles. The van der Waals surface area contributed by atoms with Crippen LogP contribution in [-0.2, 0) is 16.6 Å². The van der Waals surface area contributed by atoms with Crippen LogP contribution in [0.4, 0.5) is 18.9 Å². The van der Waals surface area contributed by atoms with E-state index in [9.17, 15) is 23.1 Å². The second-order valence-corrected chi connectivity index (χ2v) is 8.21. The highest BCUT2D eigenvalue weighted by molar-refractivity contribution is 5.93. The molecule has 1 amide bonds. The Balaban J connectivity index is 1.67. The molecule has 1 heterocycles. The van der Waals surface area contributed by atoms with E-state index in [2.05, 4.69) is 4.90 Å². The highest BCUT2D eigenvalue weighted by Gasteiger charge is 2.37. The zero-order valence-electron chi connectivity index (χ0n) is 17.9. The summed E-state index contributed by atoms with van der Waals surface area (Å²) < 4.78 is 39.2. The van der Waals surface area contributed by atoms with Gasteiger partial charge in [-0.1, -0.05) is 37.3 Å². The monoisotopic (exact) mass is 434 g/mol. The molecular weight excluding hydrogens is 405 g/mol. The topological polar surface area (TPSA) is 43.8 Å². The summed E-state index contributed by atoms with van der Waals surface area (Å²) in [4.78, 5) is 16.5. The van der Waals surface area contributed by atoms with E-state index in [-0.39, 0.29) is 11.9 Å². The van der Waals surface area contributed by atoms with E-state index in [4.69, 9.17) is 0 Å². The van der Waals surface area contributed by atoms with E-state index in [1.165, 1.54) is 6.07 Å². The maximum atomic E-state index is 13.1. The van der Waals surface area contributed by atoms with Gasteiger partial charge in [-0.15, -0.1) is 0 Å². The number of carbonyl (C=O) groups excluding carboxylic acids is 1. The fraction of sp³-hybridized carbons (Fsp3) is 0.458. The largest absolute Gasteiger partial charge is 0.416 e. The van der Waals surface area contributed by atoms with Crippen LogP contribution in [0.1, 0.15) is 44.2 Å². The number of rotatable bonds is 6. The predicted molar refractivity (Wildman–Crippen MR) is 115 cm³/mol.